The molecule has 1 amide bonds. The highest BCUT2D eigenvalue weighted by molar-refractivity contribution is 6.46. The maximum absolute atomic E-state index is 13.0. The summed E-state index contributed by atoms with van der Waals surface area (Å²) < 4.78 is 10.9. The van der Waals surface area contributed by atoms with Crippen molar-refractivity contribution in [2.75, 3.05) is 20.3 Å². The van der Waals surface area contributed by atoms with Gasteiger partial charge in [-0.1, -0.05) is 50.3 Å². The van der Waals surface area contributed by atoms with E-state index in [0.29, 0.717) is 35.8 Å². The maximum atomic E-state index is 13.0. The lowest BCUT2D eigenvalue weighted by Crippen LogP contribution is -2.30. The van der Waals surface area contributed by atoms with Crippen LogP contribution in [0.25, 0.3) is 5.76 Å². The Morgan fingerprint density at radius 1 is 1.16 bits per heavy atom. The van der Waals surface area contributed by atoms with E-state index in [0.717, 1.165) is 12.8 Å². The highest BCUT2D eigenvalue weighted by atomic mass is 16.5. The van der Waals surface area contributed by atoms with Gasteiger partial charge in [0.15, 0.2) is 0 Å². The van der Waals surface area contributed by atoms with Crippen LogP contribution in [0.3, 0.4) is 0 Å². The van der Waals surface area contributed by atoms with Crippen molar-refractivity contribution in [1.29, 1.82) is 0 Å². The monoisotopic (exact) mass is 421 g/mol. The number of Topliss-reactive ketones (excluding diaryl/α,β-unsaturated/α-hetero) is 1. The van der Waals surface area contributed by atoms with E-state index in [9.17, 15) is 14.7 Å². The molecule has 0 spiro atoms. The summed E-state index contributed by atoms with van der Waals surface area (Å²) in [5.74, 6) is -0.390. The quantitative estimate of drug-likeness (QED) is 0.280. The van der Waals surface area contributed by atoms with Gasteiger partial charge in [-0.3, -0.25) is 9.59 Å². The van der Waals surface area contributed by atoms with Gasteiger partial charge in [0.05, 0.1) is 18.7 Å². The van der Waals surface area contributed by atoms with Gasteiger partial charge in [0.25, 0.3) is 11.7 Å². The number of amides is 1. The van der Waals surface area contributed by atoms with Gasteiger partial charge in [0, 0.05) is 12.1 Å². The number of hydrogen-bond donors (Lipinski definition) is 1. The fourth-order valence-corrected chi connectivity index (χ4v) is 3.64. The highest BCUT2D eigenvalue weighted by Crippen LogP contribution is 2.40. The Bertz CT molecular complexity index is 1010. The molecular weight excluding hydrogens is 394 g/mol. The average Bonchev–Trinajstić information content (AvgIpc) is 3.05. The van der Waals surface area contributed by atoms with Gasteiger partial charge in [0.2, 0.25) is 0 Å². The third-order valence-corrected chi connectivity index (χ3v) is 5.18. The molecule has 1 heterocycles. The summed E-state index contributed by atoms with van der Waals surface area (Å²) in [5, 5.41) is 11.1. The molecule has 1 atom stereocenters. The van der Waals surface area contributed by atoms with Crippen LogP contribution in [0.1, 0.15) is 36.9 Å². The molecule has 31 heavy (non-hydrogen) atoms. The summed E-state index contributed by atoms with van der Waals surface area (Å²) in [6.45, 7) is 6.42. The van der Waals surface area contributed by atoms with Gasteiger partial charge in [-0.25, -0.2) is 0 Å². The van der Waals surface area contributed by atoms with Crippen LogP contribution in [-0.4, -0.2) is 42.0 Å². The van der Waals surface area contributed by atoms with Gasteiger partial charge >= 0.3 is 0 Å². The minimum Gasteiger partial charge on any atom is -0.507 e. The van der Waals surface area contributed by atoms with Crippen LogP contribution < -0.4 is 9.47 Å². The third kappa shape index (κ3) is 4.63. The zero-order valence-electron chi connectivity index (χ0n) is 17.8. The number of rotatable bonds is 9. The van der Waals surface area contributed by atoms with Crippen molar-refractivity contribution in [3.63, 3.8) is 0 Å². The number of methoxy groups -OCH3 is 1. The van der Waals surface area contributed by atoms with E-state index >= 15 is 0 Å². The molecule has 1 N–H and O–H groups in total. The largest absolute Gasteiger partial charge is 0.507 e. The van der Waals surface area contributed by atoms with E-state index in [1.807, 2.05) is 13.0 Å². The molecule has 162 valence electrons. The van der Waals surface area contributed by atoms with Gasteiger partial charge < -0.3 is 19.5 Å². The maximum Gasteiger partial charge on any atom is 0.295 e. The van der Waals surface area contributed by atoms with E-state index in [4.69, 9.17) is 9.47 Å². The van der Waals surface area contributed by atoms with Crippen LogP contribution in [0.15, 0.2) is 66.8 Å². The van der Waals surface area contributed by atoms with Crippen LogP contribution in [0.5, 0.6) is 11.5 Å². The minimum atomic E-state index is -0.704. The standard InChI is InChI=1S/C25H27NO5/c1-4-6-13-26-22(17-9-7-12-20(15-17)31-14-5-2)21(24(28)25(26)29)23(27)18-10-8-11-19(16-18)30-3/h5,7-12,15-16,22,27H,2,4,6,13-14H2,1,3H3/b23-21-. The number of benzene rings is 2. The van der Waals surface area contributed by atoms with E-state index in [-0.39, 0.29) is 11.3 Å². The molecule has 6 heteroatoms. The third-order valence-electron chi connectivity index (χ3n) is 5.18. The summed E-state index contributed by atoms with van der Waals surface area (Å²) in [4.78, 5) is 27.4. The highest BCUT2D eigenvalue weighted by Gasteiger charge is 2.45. The van der Waals surface area contributed by atoms with Crippen LogP contribution in [-0.2, 0) is 9.59 Å². The first-order valence-electron chi connectivity index (χ1n) is 10.3. The Hall–Kier alpha value is -3.54. The fraction of sp³-hybridized carbons (Fsp3) is 0.280. The van der Waals surface area contributed by atoms with E-state index in [1.165, 1.54) is 12.0 Å². The number of unbranched alkanes of at least 4 members (excludes halogenated alkanes) is 1. The zero-order chi connectivity index (χ0) is 22.4. The van der Waals surface area contributed by atoms with E-state index in [2.05, 4.69) is 6.58 Å². The topological polar surface area (TPSA) is 76.1 Å². The first-order chi connectivity index (χ1) is 15.0. The fourth-order valence-electron chi connectivity index (χ4n) is 3.64. The van der Waals surface area contributed by atoms with Crippen molar-refractivity contribution >= 4 is 17.4 Å². The van der Waals surface area contributed by atoms with Crippen molar-refractivity contribution in [2.45, 2.75) is 25.8 Å². The molecule has 3 rings (SSSR count). The number of carbonyl (C=O) groups is 2. The first-order valence-corrected chi connectivity index (χ1v) is 10.3. The number of likely N-dealkylation sites (tertiary alicyclic amines) is 1. The van der Waals surface area contributed by atoms with Crippen LogP contribution in [0, 0.1) is 0 Å². The molecule has 0 radical (unpaired) electrons. The summed E-state index contributed by atoms with van der Waals surface area (Å²) in [6.07, 6.45) is 3.26. The van der Waals surface area contributed by atoms with Crippen molar-refractivity contribution in [3.8, 4) is 11.5 Å². The van der Waals surface area contributed by atoms with Gasteiger partial charge in [-0.05, 0) is 36.2 Å². The second-order valence-electron chi connectivity index (χ2n) is 7.25. The lowest BCUT2D eigenvalue weighted by molar-refractivity contribution is -0.139. The number of nitrogens with zero attached hydrogens (tertiary/aromatic N) is 1. The van der Waals surface area contributed by atoms with Crippen LogP contribution >= 0.6 is 0 Å². The summed E-state index contributed by atoms with van der Waals surface area (Å²) in [6, 6.07) is 13.3. The Balaban J connectivity index is 2.14. The van der Waals surface area contributed by atoms with Gasteiger partial charge in [-0.15, -0.1) is 0 Å². The van der Waals surface area contributed by atoms with Crippen molar-refractivity contribution < 1.29 is 24.2 Å². The first kappa shape index (κ1) is 22.2. The summed E-state index contributed by atoms with van der Waals surface area (Å²) in [5.41, 5.74) is 1.17. The Kier molecular flexibility index (Phi) is 7.13. The molecule has 2 aromatic rings. The molecular formula is C25H27NO5. The zero-order valence-corrected chi connectivity index (χ0v) is 17.8. The van der Waals surface area contributed by atoms with Crippen molar-refractivity contribution in [2.24, 2.45) is 0 Å². The van der Waals surface area contributed by atoms with Crippen molar-refractivity contribution in [3.05, 3.63) is 77.9 Å². The smallest absolute Gasteiger partial charge is 0.295 e. The molecule has 1 aliphatic heterocycles. The second kappa shape index (κ2) is 9.98. The lowest BCUT2D eigenvalue weighted by Gasteiger charge is -2.25. The Morgan fingerprint density at radius 2 is 1.90 bits per heavy atom. The molecule has 0 aliphatic carbocycles. The van der Waals surface area contributed by atoms with Crippen LogP contribution in [0.4, 0.5) is 0 Å². The van der Waals surface area contributed by atoms with Gasteiger partial charge in [-0.2, -0.15) is 0 Å². The summed E-state index contributed by atoms with van der Waals surface area (Å²) in [7, 11) is 1.53. The van der Waals surface area contributed by atoms with Crippen LogP contribution in [0.2, 0.25) is 0 Å². The predicted octanol–water partition coefficient (Wildman–Crippen LogP) is 4.48. The molecule has 1 aliphatic rings. The number of ketones is 1. The van der Waals surface area contributed by atoms with Crippen molar-refractivity contribution in [1.82, 2.24) is 4.90 Å². The molecule has 6 nitrogen and oxygen atoms in total. The Morgan fingerprint density at radius 3 is 2.61 bits per heavy atom. The second-order valence-corrected chi connectivity index (χ2v) is 7.25. The van der Waals surface area contributed by atoms with E-state index in [1.54, 1.807) is 48.5 Å². The number of aliphatic hydroxyl groups excluding tert-OH is 1. The Labute approximate surface area is 182 Å². The normalized spacial score (nSPS) is 17.6. The number of ether oxygens (including phenoxy) is 2. The minimum absolute atomic E-state index is 0.0650. The molecule has 0 saturated carbocycles. The summed E-state index contributed by atoms with van der Waals surface area (Å²) >= 11 is 0. The average molecular weight is 421 g/mol. The molecule has 1 fully saturated rings. The number of carbonyl (C=O) groups excluding carboxylic acids is 2. The SMILES string of the molecule is C=CCOc1cccc(C2/C(=C(/O)c3cccc(OC)c3)C(=O)C(=O)N2CCCC)c1. The molecule has 0 aromatic heterocycles. The molecule has 1 unspecified atom stereocenters. The molecule has 0 bridgehead atoms. The van der Waals surface area contributed by atoms with E-state index < -0.39 is 17.7 Å². The predicted molar refractivity (Wildman–Crippen MR) is 119 cm³/mol. The number of hydrogen-bond acceptors (Lipinski definition) is 5. The molecule has 2 aromatic carbocycles. The molecule has 1 saturated heterocycles. The lowest BCUT2D eigenvalue weighted by atomic mass is 9.95. The number of aliphatic hydroxyl groups is 1. The van der Waals surface area contributed by atoms with Gasteiger partial charge in [0.1, 0.15) is 23.9 Å².